The number of nitrogens with one attached hydrogen (secondary N) is 2. The summed E-state index contributed by atoms with van der Waals surface area (Å²) in [4.78, 5) is 25.7. The number of amides is 1. The zero-order chi connectivity index (χ0) is 13.7. The zero-order valence-corrected chi connectivity index (χ0v) is 11.4. The van der Waals surface area contributed by atoms with E-state index in [2.05, 4.69) is 17.2 Å². The van der Waals surface area contributed by atoms with E-state index in [1.54, 1.807) is 6.07 Å². The zero-order valence-electron chi connectivity index (χ0n) is 11.4. The van der Waals surface area contributed by atoms with Crippen LogP contribution >= 0.6 is 0 Å². The Morgan fingerprint density at radius 1 is 1.37 bits per heavy atom. The van der Waals surface area contributed by atoms with E-state index in [1.165, 1.54) is 44.4 Å². The Morgan fingerprint density at radius 2 is 2.11 bits per heavy atom. The molecule has 1 aliphatic carbocycles. The normalized spacial score (nSPS) is 17.9. The van der Waals surface area contributed by atoms with E-state index in [1.807, 2.05) is 0 Å². The van der Waals surface area contributed by atoms with Gasteiger partial charge in [0, 0.05) is 18.3 Å². The van der Waals surface area contributed by atoms with E-state index in [-0.39, 0.29) is 17.5 Å². The third-order valence-corrected chi connectivity index (χ3v) is 4.02. The summed E-state index contributed by atoms with van der Waals surface area (Å²) >= 11 is 0. The first-order valence-corrected chi connectivity index (χ1v) is 7.20. The minimum absolute atomic E-state index is 0.0892. The average molecular weight is 262 g/mol. The predicted molar refractivity (Wildman–Crippen MR) is 75.2 cm³/mol. The van der Waals surface area contributed by atoms with E-state index in [0.29, 0.717) is 11.5 Å². The van der Waals surface area contributed by atoms with Crippen LogP contribution < -0.4 is 10.9 Å². The van der Waals surface area contributed by atoms with Gasteiger partial charge in [-0.2, -0.15) is 0 Å². The molecule has 2 rings (SSSR count). The molecule has 1 aliphatic rings. The highest BCUT2D eigenvalue weighted by Gasteiger charge is 2.23. The van der Waals surface area contributed by atoms with E-state index in [0.717, 1.165) is 6.42 Å². The maximum atomic E-state index is 12.1. The summed E-state index contributed by atoms with van der Waals surface area (Å²) in [5, 5.41) is 3.11. The molecule has 19 heavy (non-hydrogen) atoms. The van der Waals surface area contributed by atoms with E-state index in [4.69, 9.17) is 0 Å². The van der Waals surface area contributed by atoms with Gasteiger partial charge in [-0.1, -0.05) is 26.2 Å². The molecule has 104 valence electrons. The summed E-state index contributed by atoms with van der Waals surface area (Å²) in [5.41, 5.74) is 0.338. The summed E-state index contributed by atoms with van der Waals surface area (Å²) in [7, 11) is 0. The number of hydrogen-bond donors (Lipinski definition) is 2. The fourth-order valence-electron chi connectivity index (χ4n) is 2.89. The highest BCUT2D eigenvalue weighted by atomic mass is 16.2. The number of pyridine rings is 1. The molecule has 4 heteroatoms. The maximum absolute atomic E-state index is 12.1. The molecule has 1 aromatic rings. The van der Waals surface area contributed by atoms with Gasteiger partial charge in [-0.15, -0.1) is 0 Å². The lowest BCUT2D eigenvalue weighted by Crippen LogP contribution is -2.40. The van der Waals surface area contributed by atoms with Gasteiger partial charge in [0.15, 0.2) is 0 Å². The molecular weight excluding hydrogens is 240 g/mol. The summed E-state index contributed by atoms with van der Waals surface area (Å²) in [6, 6.07) is 3.21. The standard InChI is InChI=1S/C15H22N2O2/c1-2-13(11-6-4-3-5-7-11)17-15(19)12-8-9-14(18)16-10-12/h8-11,13H,2-7H2,1H3,(H,16,18)(H,17,19). The minimum atomic E-state index is -0.184. The minimum Gasteiger partial charge on any atom is -0.349 e. The van der Waals surface area contributed by atoms with Crippen LogP contribution in [0.2, 0.25) is 0 Å². The Kier molecular flexibility index (Phi) is 4.77. The second-order valence-corrected chi connectivity index (χ2v) is 5.33. The molecule has 1 unspecified atom stereocenters. The Hall–Kier alpha value is -1.58. The first-order valence-electron chi connectivity index (χ1n) is 7.20. The molecule has 0 saturated heterocycles. The summed E-state index contributed by atoms with van der Waals surface area (Å²) < 4.78 is 0. The van der Waals surface area contributed by atoms with Crippen molar-refractivity contribution in [3.63, 3.8) is 0 Å². The highest BCUT2D eigenvalue weighted by molar-refractivity contribution is 5.94. The fourth-order valence-corrected chi connectivity index (χ4v) is 2.89. The van der Waals surface area contributed by atoms with Crippen LogP contribution in [0.15, 0.2) is 23.1 Å². The van der Waals surface area contributed by atoms with Crippen molar-refractivity contribution in [1.82, 2.24) is 10.3 Å². The first kappa shape index (κ1) is 13.8. The van der Waals surface area contributed by atoms with E-state index < -0.39 is 0 Å². The van der Waals surface area contributed by atoms with Crippen LogP contribution in [0.4, 0.5) is 0 Å². The lowest BCUT2D eigenvalue weighted by molar-refractivity contribution is 0.0911. The largest absolute Gasteiger partial charge is 0.349 e. The number of rotatable bonds is 4. The lowest BCUT2D eigenvalue weighted by atomic mass is 9.83. The molecule has 0 bridgehead atoms. The maximum Gasteiger partial charge on any atom is 0.252 e. The van der Waals surface area contributed by atoms with Gasteiger partial charge in [0.25, 0.3) is 5.91 Å². The van der Waals surface area contributed by atoms with Crippen molar-refractivity contribution in [2.45, 2.75) is 51.5 Å². The van der Waals surface area contributed by atoms with Gasteiger partial charge in [-0.25, -0.2) is 0 Å². The van der Waals surface area contributed by atoms with Gasteiger partial charge in [-0.05, 0) is 31.2 Å². The van der Waals surface area contributed by atoms with Crippen molar-refractivity contribution in [2.24, 2.45) is 5.92 Å². The number of hydrogen-bond acceptors (Lipinski definition) is 2. The van der Waals surface area contributed by atoms with Gasteiger partial charge in [-0.3, -0.25) is 9.59 Å². The van der Waals surface area contributed by atoms with Gasteiger partial charge in [0.05, 0.1) is 5.56 Å². The number of aromatic amines is 1. The number of H-pyrrole nitrogens is 1. The van der Waals surface area contributed by atoms with Crippen molar-refractivity contribution in [2.75, 3.05) is 0 Å². The van der Waals surface area contributed by atoms with Crippen molar-refractivity contribution < 1.29 is 4.79 Å². The SMILES string of the molecule is CCC(NC(=O)c1ccc(=O)[nH]c1)C1CCCCC1. The van der Waals surface area contributed by atoms with Gasteiger partial charge < -0.3 is 10.3 Å². The molecule has 1 saturated carbocycles. The highest BCUT2D eigenvalue weighted by Crippen LogP contribution is 2.27. The first-order chi connectivity index (χ1) is 9.20. The fraction of sp³-hybridized carbons (Fsp3) is 0.600. The molecule has 1 heterocycles. The summed E-state index contributed by atoms with van der Waals surface area (Å²) in [6.45, 7) is 2.12. The Morgan fingerprint density at radius 3 is 2.68 bits per heavy atom. The Bertz CT molecular complexity index is 455. The molecule has 0 radical (unpaired) electrons. The summed E-state index contributed by atoms with van der Waals surface area (Å²) in [6.07, 6.45) is 8.73. The van der Waals surface area contributed by atoms with Crippen molar-refractivity contribution in [3.05, 3.63) is 34.2 Å². The van der Waals surface area contributed by atoms with Crippen LogP contribution in [-0.4, -0.2) is 16.9 Å². The molecule has 1 amide bonds. The van der Waals surface area contributed by atoms with Crippen molar-refractivity contribution in [3.8, 4) is 0 Å². The Labute approximate surface area is 113 Å². The second kappa shape index (κ2) is 6.55. The van der Waals surface area contributed by atoms with Crippen LogP contribution in [0.3, 0.4) is 0 Å². The molecule has 0 aliphatic heterocycles. The molecule has 4 nitrogen and oxygen atoms in total. The predicted octanol–water partition coefficient (Wildman–Crippen LogP) is 2.46. The van der Waals surface area contributed by atoms with Crippen molar-refractivity contribution >= 4 is 5.91 Å². The number of carbonyl (C=O) groups excluding carboxylic acids is 1. The smallest absolute Gasteiger partial charge is 0.252 e. The quantitative estimate of drug-likeness (QED) is 0.875. The third-order valence-electron chi connectivity index (χ3n) is 4.02. The number of carbonyl (C=O) groups is 1. The molecule has 1 fully saturated rings. The van der Waals surface area contributed by atoms with Crippen LogP contribution in [0, 0.1) is 5.92 Å². The lowest BCUT2D eigenvalue weighted by Gasteiger charge is -2.30. The number of aromatic nitrogens is 1. The topological polar surface area (TPSA) is 62.0 Å². The van der Waals surface area contributed by atoms with E-state index >= 15 is 0 Å². The second-order valence-electron chi connectivity index (χ2n) is 5.33. The average Bonchev–Trinajstić information content (AvgIpc) is 2.46. The van der Waals surface area contributed by atoms with Crippen LogP contribution in [0.5, 0.6) is 0 Å². The van der Waals surface area contributed by atoms with Crippen LogP contribution in [-0.2, 0) is 0 Å². The van der Waals surface area contributed by atoms with Gasteiger partial charge in [0.1, 0.15) is 0 Å². The Balaban J connectivity index is 1.99. The van der Waals surface area contributed by atoms with Crippen LogP contribution in [0.1, 0.15) is 55.8 Å². The molecule has 0 aromatic carbocycles. The van der Waals surface area contributed by atoms with E-state index in [9.17, 15) is 9.59 Å². The van der Waals surface area contributed by atoms with Crippen molar-refractivity contribution in [1.29, 1.82) is 0 Å². The molecule has 1 atom stereocenters. The molecular formula is C15H22N2O2. The van der Waals surface area contributed by atoms with Crippen LogP contribution in [0.25, 0.3) is 0 Å². The summed E-state index contributed by atoms with van der Waals surface area (Å²) in [5.74, 6) is 0.513. The molecule has 1 aromatic heterocycles. The molecule has 0 spiro atoms. The monoisotopic (exact) mass is 262 g/mol. The van der Waals surface area contributed by atoms with Gasteiger partial charge >= 0.3 is 0 Å². The molecule has 2 N–H and O–H groups in total. The van der Waals surface area contributed by atoms with Gasteiger partial charge in [0.2, 0.25) is 5.56 Å². The third kappa shape index (κ3) is 3.69.